The van der Waals surface area contributed by atoms with Gasteiger partial charge in [0.15, 0.2) is 0 Å². The Labute approximate surface area is 114 Å². The van der Waals surface area contributed by atoms with Crippen molar-refractivity contribution < 1.29 is 10.1 Å². The Morgan fingerprint density at radius 3 is 2.71 bits per heavy atom. The number of imidazole rings is 1. The molecule has 3 rings (SSSR count). The van der Waals surface area contributed by atoms with E-state index >= 15 is 0 Å². The second-order valence-corrected chi connectivity index (χ2v) is 4.16. The first-order valence-corrected chi connectivity index (χ1v) is 5.64. The number of nitrogens with one attached hydrogen (secondary N) is 1. The molecule has 2 aromatic heterocycles. The van der Waals surface area contributed by atoms with Crippen molar-refractivity contribution in [2.24, 2.45) is 0 Å². The summed E-state index contributed by atoms with van der Waals surface area (Å²) in [6.07, 6.45) is 4.27. The van der Waals surface area contributed by atoms with Gasteiger partial charge in [-0.15, -0.1) is 4.73 Å². The van der Waals surface area contributed by atoms with E-state index in [-0.39, 0.29) is 27.1 Å². The summed E-state index contributed by atoms with van der Waals surface area (Å²) < 4.78 is 1.46. The summed E-state index contributed by atoms with van der Waals surface area (Å²) >= 11 is 0. The third-order valence-electron chi connectivity index (χ3n) is 2.94. The van der Waals surface area contributed by atoms with E-state index in [2.05, 4.69) is 9.97 Å². The molecule has 0 aliphatic carbocycles. The SMILES string of the molecule is O=c1[nH]c2cc(-n3ccnc3)c([N+](=O)[O-])cc2n(O)c1=O. The number of aromatic amines is 1. The molecular weight excluding hydrogens is 282 g/mol. The van der Waals surface area contributed by atoms with Crippen molar-refractivity contribution in [1.82, 2.24) is 19.3 Å². The van der Waals surface area contributed by atoms with Crippen LogP contribution in [0.25, 0.3) is 16.7 Å². The molecule has 0 fully saturated rings. The van der Waals surface area contributed by atoms with Crippen LogP contribution in [0.4, 0.5) is 5.69 Å². The summed E-state index contributed by atoms with van der Waals surface area (Å²) in [4.78, 5) is 39.3. The number of fused-ring (bicyclic) bond motifs is 1. The lowest BCUT2D eigenvalue weighted by atomic mass is 10.2. The lowest BCUT2D eigenvalue weighted by Gasteiger charge is -2.07. The van der Waals surface area contributed by atoms with Crippen molar-refractivity contribution in [3.05, 3.63) is 61.7 Å². The Morgan fingerprint density at radius 1 is 1.33 bits per heavy atom. The van der Waals surface area contributed by atoms with Crippen LogP contribution in [0, 0.1) is 10.1 Å². The van der Waals surface area contributed by atoms with E-state index in [1.165, 1.54) is 29.4 Å². The second-order valence-electron chi connectivity index (χ2n) is 4.16. The minimum atomic E-state index is -1.22. The number of benzene rings is 1. The highest BCUT2D eigenvalue weighted by atomic mass is 16.6. The zero-order chi connectivity index (χ0) is 15.1. The average Bonchev–Trinajstić information content (AvgIpc) is 2.97. The summed E-state index contributed by atoms with van der Waals surface area (Å²) in [5.74, 6) is 0. The molecule has 2 heterocycles. The van der Waals surface area contributed by atoms with Gasteiger partial charge in [0.2, 0.25) is 0 Å². The Kier molecular flexibility index (Phi) is 2.58. The van der Waals surface area contributed by atoms with Crippen molar-refractivity contribution >= 4 is 16.7 Å². The quantitative estimate of drug-likeness (QED) is 0.295. The van der Waals surface area contributed by atoms with E-state index in [0.29, 0.717) is 0 Å². The minimum absolute atomic E-state index is 0.0800. The van der Waals surface area contributed by atoms with Crippen LogP contribution < -0.4 is 11.1 Å². The molecule has 0 saturated heterocycles. The van der Waals surface area contributed by atoms with Gasteiger partial charge >= 0.3 is 11.1 Å². The highest BCUT2D eigenvalue weighted by Gasteiger charge is 2.19. The fraction of sp³-hybridized carbons (Fsp3) is 0. The van der Waals surface area contributed by atoms with Crippen LogP contribution in [0.1, 0.15) is 0 Å². The van der Waals surface area contributed by atoms with E-state index in [9.17, 15) is 24.9 Å². The van der Waals surface area contributed by atoms with E-state index in [1.807, 2.05) is 0 Å². The van der Waals surface area contributed by atoms with Crippen LogP contribution in [-0.4, -0.2) is 29.4 Å². The molecule has 0 radical (unpaired) electrons. The molecule has 0 atom stereocenters. The molecular formula is C11H7N5O5. The monoisotopic (exact) mass is 289 g/mol. The number of nitrogens with zero attached hydrogens (tertiary/aromatic N) is 4. The van der Waals surface area contributed by atoms with Gasteiger partial charge in [-0.25, -0.2) is 4.98 Å². The molecule has 0 bridgehead atoms. The summed E-state index contributed by atoms with van der Waals surface area (Å²) in [6.45, 7) is 0. The smallest absolute Gasteiger partial charge is 0.348 e. The maximum absolute atomic E-state index is 11.4. The Morgan fingerprint density at radius 2 is 2.10 bits per heavy atom. The van der Waals surface area contributed by atoms with Crippen LogP contribution in [-0.2, 0) is 0 Å². The maximum atomic E-state index is 11.4. The highest BCUT2D eigenvalue weighted by Crippen LogP contribution is 2.26. The zero-order valence-corrected chi connectivity index (χ0v) is 10.3. The first-order valence-electron chi connectivity index (χ1n) is 5.64. The van der Waals surface area contributed by atoms with Crippen molar-refractivity contribution in [2.45, 2.75) is 0 Å². The number of H-pyrrole nitrogens is 1. The van der Waals surface area contributed by atoms with E-state index < -0.39 is 16.0 Å². The Balaban J connectivity index is 2.47. The predicted molar refractivity (Wildman–Crippen MR) is 69.8 cm³/mol. The lowest BCUT2D eigenvalue weighted by molar-refractivity contribution is -0.384. The summed E-state index contributed by atoms with van der Waals surface area (Å²) in [6, 6.07) is 2.28. The van der Waals surface area contributed by atoms with Crippen LogP contribution in [0.15, 0.2) is 40.4 Å². The first kappa shape index (κ1) is 12.6. The van der Waals surface area contributed by atoms with Gasteiger partial charge in [-0.1, -0.05) is 0 Å². The van der Waals surface area contributed by atoms with E-state index in [1.54, 1.807) is 0 Å². The molecule has 10 heteroatoms. The van der Waals surface area contributed by atoms with Gasteiger partial charge in [0.05, 0.1) is 16.8 Å². The van der Waals surface area contributed by atoms with Gasteiger partial charge in [-0.2, -0.15) is 0 Å². The standard InChI is InChI=1S/C11H7N5O5/c17-10-11(18)15(19)7-4-9(16(20)21)8(3-6(7)13-10)14-2-1-12-5-14/h1-5,19H,(H,13,17). The van der Waals surface area contributed by atoms with Crippen molar-refractivity contribution in [3.63, 3.8) is 0 Å². The highest BCUT2D eigenvalue weighted by molar-refractivity contribution is 5.81. The molecule has 2 N–H and O–H groups in total. The molecule has 0 unspecified atom stereocenters. The number of nitro groups is 1. The fourth-order valence-corrected chi connectivity index (χ4v) is 1.98. The van der Waals surface area contributed by atoms with Crippen LogP contribution >= 0.6 is 0 Å². The number of hydrogen-bond acceptors (Lipinski definition) is 6. The predicted octanol–water partition coefficient (Wildman–Crippen LogP) is 0.0210. The van der Waals surface area contributed by atoms with Crippen LogP contribution in [0.3, 0.4) is 0 Å². The molecule has 0 spiro atoms. The maximum Gasteiger partial charge on any atom is 0.348 e. The number of nitro benzene ring substituents is 1. The van der Waals surface area contributed by atoms with Crippen molar-refractivity contribution in [1.29, 1.82) is 0 Å². The molecule has 106 valence electrons. The van der Waals surface area contributed by atoms with Crippen LogP contribution in [0.2, 0.25) is 0 Å². The Hall–Kier alpha value is -3.43. The molecule has 3 aromatic rings. The zero-order valence-electron chi connectivity index (χ0n) is 10.3. The summed E-state index contributed by atoms with van der Waals surface area (Å²) in [7, 11) is 0. The van der Waals surface area contributed by atoms with Crippen LogP contribution in [0.5, 0.6) is 0 Å². The van der Waals surface area contributed by atoms with Gasteiger partial charge in [0, 0.05) is 18.5 Å². The molecule has 10 nitrogen and oxygen atoms in total. The molecule has 0 aliphatic rings. The minimum Gasteiger partial charge on any atom is -0.425 e. The van der Waals surface area contributed by atoms with Gasteiger partial charge in [0.25, 0.3) is 5.69 Å². The van der Waals surface area contributed by atoms with Crippen molar-refractivity contribution in [3.8, 4) is 5.69 Å². The molecule has 1 aromatic carbocycles. The third kappa shape index (κ3) is 1.85. The largest absolute Gasteiger partial charge is 0.425 e. The number of aromatic nitrogens is 4. The topological polar surface area (TPSA) is 136 Å². The number of rotatable bonds is 2. The lowest BCUT2D eigenvalue weighted by Crippen LogP contribution is -2.35. The van der Waals surface area contributed by atoms with Gasteiger partial charge in [-0.05, 0) is 6.07 Å². The summed E-state index contributed by atoms with van der Waals surface area (Å²) in [5, 5.41) is 20.8. The third-order valence-corrected chi connectivity index (χ3v) is 2.94. The second kappa shape index (κ2) is 4.30. The van der Waals surface area contributed by atoms with Gasteiger partial charge in [0.1, 0.15) is 11.2 Å². The normalized spacial score (nSPS) is 10.9. The number of hydrogen-bond donors (Lipinski definition) is 2. The molecule has 0 amide bonds. The van der Waals surface area contributed by atoms with Gasteiger partial charge in [-0.3, -0.25) is 19.7 Å². The average molecular weight is 289 g/mol. The van der Waals surface area contributed by atoms with Crippen molar-refractivity contribution in [2.75, 3.05) is 0 Å². The Bertz CT molecular complexity index is 969. The summed E-state index contributed by atoms with van der Waals surface area (Å²) in [5.41, 5.74) is -2.55. The fourth-order valence-electron chi connectivity index (χ4n) is 1.98. The molecule has 0 aliphatic heterocycles. The van der Waals surface area contributed by atoms with E-state index in [0.717, 1.165) is 6.07 Å². The molecule has 21 heavy (non-hydrogen) atoms. The van der Waals surface area contributed by atoms with E-state index in [4.69, 9.17) is 0 Å². The molecule has 0 saturated carbocycles. The first-order chi connectivity index (χ1) is 9.99. The van der Waals surface area contributed by atoms with Gasteiger partial charge < -0.3 is 14.8 Å².